The standard InChI is InChI=1S/C16H24N2O3/c1-10(2)9-13-5-7-14(8-6-13)11(3)15(19)17-12(4)16(20)18-21/h5-8,10-12,21H,9H2,1-4H3,(H,17,19)(H,18,20)/t11?,12-/m1/s1. The Balaban J connectivity index is 2.67. The molecule has 0 aliphatic carbocycles. The molecule has 0 aromatic heterocycles. The number of nitrogens with one attached hydrogen (secondary N) is 2. The van der Waals surface area contributed by atoms with Gasteiger partial charge in [-0.05, 0) is 37.3 Å². The van der Waals surface area contributed by atoms with Gasteiger partial charge in [0.05, 0.1) is 5.92 Å². The lowest BCUT2D eigenvalue weighted by Crippen LogP contribution is -2.45. The first kappa shape index (κ1) is 17.2. The van der Waals surface area contributed by atoms with E-state index < -0.39 is 11.9 Å². The molecule has 116 valence electrons. The summed E-state index contributed by atoms with van der Waals surface area (Å²) in [4.78, 5) is 23.2. The summed E-state index contributed by atoms with van der Waals surface area (Å²) < 4.78 is 0. The molecule has 2 atom stereocenters. The lowest BCUT2D eigenvalue weighted by Gasteiger charge is -2.17. The largest absolute Gasteiger partial charge is 0.344 e. The molecule has 0 saturated heterocycles. The Morgan fingerprint density at radius 2 is 1.62 bits per heavy atom. The van der Waals surface area contributed by atoms with E-state index in [9.17, 15) is 9.59 Å². The second kappa shape index (κ2) is 7.78. The topological polar surface area (TPSA) is 78.4 Å². The van der Waals surface area contributed by atoms with Crippen molar-refractivity contribution in [2.45, 2.75) is 46.1 Å². The van der Waals surface area contributed by atoms with E-state index in [1.165, 1.54) is 18.0 Å². The van der Waals surface area contributed by atoms with Crippen LogP contribution in [-0.4, -0.2) is 23.1 Å². The van der Waals surface area contributed by atoms with Crippen LogP contribution in [0.15, 0.2) is 24.3 Å². The fourth-order valence-electron chi connectivity index (χ4n) is 2.07. The van der Waals surface area contributed by atoms with E-state index in [1.807, 2.05) is 24.3 Å². The van der Waals surface area contributed by atoms with Crippen molar-refractivity contribution < 1.29 is 14.8 Å². The Morgan fingerprint density at radius 1 is 1.05 bits per heavy atom. The van der Waals surface area contributed by atoms with Crippen LogP contribution in [0, 0.1) is 5.92 Å². The number of hydrogen-bond acceptors (Lipinski definition) is 3. The second-order valence-corrected chi connectivity index (χ2v) is 5.77. The molecule has 0 bridgehead atoms. The molecule has 5 nitrogen and oxygen atoms in total. The van der Waals surface area contributed by atoms with Crippen molar-refractivity contribution in [3.8, 4) is 0 Å². The third kappa shape index (κ3) is 5.19. The third-order valence-corrected chi connectivity index (χ3v) is 3.38. The number of benzene rings is 1. The van der Waals surface area contributed by atoms with E-state index in [2.05, 4.69) is 19.2 Å². The van der Waals surface area contributed by atoms with Gasteiger partial charge in [0, 0.05) is 0 Å². The number of amides is 2. The van der Waals surface area contributed by atoms with Gasteiger partial charge in [0.15, 0.2) is 0 Å². The molecule has 3 N–H and O–H groups in total. The average molecular weight is 292 g/mol. The molecule has 0 saturated carbocycles. The molecule has 0 aliphatic rings. The predicted molar refractivity (Wildman–Crippen MR) is 80.9 cm³/mol. The van der Waals surface area contributed by atoms with Crippen LogP contribution in [0.25, 0.3) is 0 Å². The summed E-state index contributed by atoms with van der Waals surface area (Å²) in [6, 6.07) is 7.17. The quantitative estimate of drug-likeness (QED) is 0.554. The van der Waals surface area contributed by atoms with E-state index in [1.54, 1.807) is 6.92 Å². The van der Waals surface area contributed by atoms with Crippen LogP contribution in [0.2, 0.25) is 0 Å². The normalized spacial score (nSPS) is 13.6. The van der Waals surface area contributed by atoms with Gasteiger partial charge < -0.3 is 5.32 Å². The number of carbonyl (C=O) groups excluding carboxylic acids is 2. The fourth-order valence-corrected chi connectivity index (χ4v) is 2.07. The minimum Gasteiger partial charge on any atom is -0.344 e. The molecule has 0 aliphatic heterocycles. The maximum absolute atomic E-state index is 12.1. The van der Waals surface area contributed by atoms with Gasteiger partial charge in [-0.2, -0.15) is 0 Å². The molecule has 1 rings (SSSR count). The van der Waals surface area contributed by atoms with Crippen LogP contribution in [0.4, 0.5) is 0 Å². The van der Waals surface area contributed by atoms with E-state index in [4.69, 9.17) is 5.21 Å². The summed E-state index contributed by atoms with van der Waals surface area (Å²) in [6.07, 6.45) is 1.01. The Bertz CT molecular complexity index is 483. The molecule has 1 aromatic rings. The average Bonchev–Trinajstić information content (AvgIpc) is 2.45. The number of rotatable bonds is 6. The zero-order chi connectivity index (χ0) is 16.0. The van der Waals surface area contributed by atoms with Gasteiger partial charge in [0.25, 0.3) is 5.91 Å². The van der Waals surface area contributed by atoms with Crippen molar-refractivity contribution in [3.63, 3.8) is 0 Å². The Labute approximate surface area is 125 Å². The van der Waals surface area contributed by atoms with Gasteiger partial charge in [-0.3, -0.25) is 14.8 Å². The highest BCUT2D eigenvalue weighted by Crippen LogP contribution is 2.17. The second-order valence-electron chi connectivity index (χ2n) is 5.77. The number of carbonyl (C=O) groups is 2. The highest BCUT2D eigenvalue weighted by molar-refractivity contribution is 5.89. The summed E-state index contributed by atoms with van der Waals surface area (Å²) in [5.41, 5.74) is 3.67. The van der Waals surface area contributed by atoms with Gasteiger partial charge in [-0.15, -0.1) is 0 Å². The highest BCUT2D eigenvalue weighted by Gasteiger charge is 2.20. The van der Waals surface area contributed by atoms with Crippen LogP contribution < -0.4 is 10.8 Å². The predicted octanol–water partition coefficient (Wildman–Crippen LogP) is 2.00. The number of hydrogen-bond donors (Lipinski definition) is 3. The lowest BCUT2D eigenvalue weighted by molar-refractivity contribution is -0.134. The molecule has 2 amide bonds. The molecule has 5 heteroatoms. The molecule has 1 unspecified atom stereocenters. The Kier molecular flexibility index (Phi) is 6.37. The van der Waals surface area contributed by atoms with Crippen LogP contribution in [0.5, 0.6) is 0 Å². The van der Waals surface area contributed by atoms with Crippen LogP contribution in [0.1, 0.15) is 44.7 Å². The summed E-state index contributed by atoms with van der Waals surface area (Å²) in [5.74, 6) is -0.646. The van der Waals surface area contributed by atoms with Crippen LogP contribution in [0.3, 0.4) is 0 Å². The van der Waals surface area contributed by atoms with E-state index in [-0.39, 0.29) is 11.8 Å². The lowest BCUT2D eigenvalue weighted by atomic mass is 9.96. The molecule has 0 heterocycles. The first-order chi connectivity index (χ1) is 9.85. The Hall–Kier alpha value is -1.88. The minimum atomic E-state index is -0.773. The first-order valence-electron chi connectivity index (χ1n) is 7.18. The maximum Gasteiger partial charge on any atom is 0.265 e. The summed E-state index contributed by atoms with van der Waals surface area (Å²) in [6.45, 7) is 7.63. The molecule has 21 heavy (non-hydrogen) atoms. The molecular formula is C16H24N2O3. The molecule has 0 radical (unpaired) electrons. The van der Waals surface area contributed by atoms with Crippen molar-refractivity contribution in [2.75, 3.05) is 0 Å². The third-order valence-electron chi connectivity index (χ3n) is 3.38. The van der Waals surface area contributed by atoms with Gasteiger partial charge in [0.1, 0.15) is 6.04 Å². The van der Waals surface area contributed by atoms with Crippen molar-refractivity contribution in [2.24, 2.45) is 5.92 Å². The van der Waals surface area contributed by atoms with Crippen molar-refractivity contribution in [1.29, 1.82) is 0 Å². The SMILES string of the molecule is CC(C)Cc1ccc(C(C)C(=O)N[C@H](C)C(=O)NO)cc1. The smallest absolute Gasteiger partial charge is 0.265 e. The van der Waals surface area contributed by atoms with Gasteiger partial charge in [-0.25, -0.2) is 5.48 Å². The number of hydroxylamine groups is 1. The minimum absolute atomic E-state index is 0.247. The van der Waals surface area contributed by atoms with Crippen molar-refractivity contribution in [1.82, 2.24) is 10.8 Å². The summed E-state index contributed by atoms with van der Waals surface area (Å²) in [7, 11) is 0. The van der Waals surface area contributed by atoms with E-state index >= 15 is 0 Å². The van der Waals surface area contributed by atoms with E-state index in [0.717, 1.165) is 12.0 Å². The zero-order valence-electron chi connectivity index (χ0n) is 13.0. The van der Waals surface area contributed by atoms with Gasteiger partial charge in [-0.1, -0.05) is 38.1 Å². The maximum atomic E-state index is 12.1. The first-order valence-corrected chi connectivity index (χ1v) is 7.18. The van der Waals surface area contributed by atoms with Gasteiger partial charge >= 0.3 is 0 Å². The van der Waals surface area contributed by atoms with Crippen molar-refractivity contribution >= 4 is 11.8 Å². The van der Waals surface area contributed by atoms with Crippen LogP contribution in [-0.2, 0) is 16.0 Å². The molecular weight excluding hydrogens is 268 g/mol. The summed E-state index contributed by atoms with van der Waals surface area (Å²) >= 11 is 0. The Morgan fingerprint density at radius 3 is 2.10 bits per heavy atom. The summed E-state index contributed by atoms with van der Waals surface area (Å²) in [5, 5.41) is 11.1. The highest BCUT2D eigenvalue weighted by atomic mass is 16.5. The molecule has 0 spiro atoms. The monoisotopic (exact) mass is 292 g/mol. The van der Waals surface area contributed by atoms with Crippen molar-refractivity contribution in [3.05, 3.63) is 35.4 Å². The van der Waals surface area contributed by atoms with Crippen LogP contribution >= 0.6 is 0 Å². The molecule has 1 aromatic carbocycles. The van der Waals surface area contributed by atoms with E-state index in [0.29, 0.717) is 5.92 Å². The van der Waals surface area contributed by atoms with Gasteiger partial charge in [0.2, 0.25) is 5.91 Å². The zero-order valence-corrected chi connectivity index (χ0v) is 13.0. The molecule has 0 fully saturated rings. The fraction of sp³-hybridized carbons (Fsp3) is 0.500.